The van der Waals surface area contributed by atoms with Crippen LogP contribution in [0, 0.1) is 0 Å². The van der Waals surface area contributed by atoms with E-state index >= 15 is 0 Å². The molecule has 2 nitrogen and oxygen atoms in total. The molecule has 0 aliphatic carbocycles. The smallest absolute Gasteiger partial charge is 0.0590 e. The molecule has 1 aromatic carbocycles. The summed E-state index contributed by atoms with van der Waals surface area (Å²) in [5.41, 5.74) is 1.79. The molecule has 0 radical (unpaired) electrons. The van der Waals surface area contributed by atoms with Crippen molar-refractivity contribution >= 4 is 62.6 Å². The van der Waals surface area contributed by atoms with E-state index in [0.29, 0.717) is 0 Å². The van der Waals surface area contributed by atoms with Crippen molar-refractivity contribution in [2.45, 2.75) is 0 Å². The summed E-state index contributed by atoms with van der Waals surface area (Å²) in [5, 5.41) is 0. The van der Waals surface area contributed by atoms with Gasteiger partial charge in [0.15, 0.2) is 0 Å². The van der Waals surface area contributed by atoms with Crippen LogP contribution >= 0.6 is 51.3 Å². The molecule has 0 aliphatic rings. The largest absolute Gasteiger partial charge is 0.265 e. The molecule has 0 heterocycles. The van der Waals surface area contributed by atoms with Gasteiger partial charge in [-0.3, -0.25) is 7.42 Å². The number of hydrogen-bond donors (Lipinski definition) is 4. The molecule has 0 amide bonds. The van der Waals surface area contributed by atoms with Crippen LogP contribution < -0.4 is 7.42 Å². The first-order chi connectivity index (χ1) is 5.61. The van der Waals surface area contributed by atoms with Crippen LogP contribution in [0.1, 0.15) is 0 Å². The molecule has 0 fully saturated rings. The van der Waals surface area contributed by atoms with Crippen molar-refractivity contribution in [3.05, 3.63) is 24.3 Å². The third-order valence-corrected chi connectivity index (χ3v) is 2.24. The van der Waals surface area contributed by atoms with Gasteiger partial charge in [0.05, 0.1) is 11.4 Å². The van der Waals surface area contributed by atoms with Crippen LogP contribution in [0.2, 0.25) is 0 Å². The molecule has 12 heavy (non-hydrogen) atoms. The zero-order valence-corrected chi connectivity index (χ0v) is 9.57. The maximum absolute atomic E-state index is 4.02. The number of nitrogens with zero attached hydrogens (tertiary/aromatic N) is 2. The van der Waals surface area contributed by atoms with E-state index in [1.54, 1.807) is 0 Å². The van der Waals surface area contributed by atoms with Crippen molar-refractivity contribution in [1.29, 1.82) is 0 Å². The molecule has 1 aromatic rings. The van der Waals surface area contributed by atoms with Gasteiger partial charge >= 0.3 is 0 Å². The van der Waals surface area contributed by atoms with Crippen LogP contribution in [-0.2, 0) is 0 Å². The Bertz CT molecular complexity index is 219. The van der Waals surface area contributed by atoms with Crippen molar-refractivity contribution in [2.24, 2.45) is 0 Å². The lowest BCUT2D eigenvalue weighted by atomic mass is 10.3. The Morgan fingerprint density at radius 3 is 1.08 bits per heavy atom. The molecule has 0 saturated carbocycles. The van der Waals surface area contributed by atoms with Crippen LogP contribution in [0.3, 0.4) is 0 Å². The Labute approximate surface area is 94.1 Å². The third kappa shape index (κ3) is 2.62. The topological polar surface area (TPSA) is 6.48 Å². The van der Waals surface area contributed by atoms with Crippen LogP contribution in [0.25, 0.3) is 0 Å². The van der Waals surface area contributed by atoms with Gasteiger partial charge in [-0.2, -0.15) is 0 Å². The number of rotatable bonds is 2. The molecule has 0 unspecified atom stereocenters. The van der Waals surface area contributed by atoms with Gasteiger partial charge in [-0.25, -0.2) is 0 Å². The molecule has 0 saturated heterocycles. The molecule has 0 aromatic heterocycles. The van der Waals surface area contributed by atoms with E-state index in [4.69, 9.17) is 0 Å². The zero-order valence-electron chi connectivity index (χ0n) is 5.99. The Kier molecular flexibility index (Phi) is 3.82. The Morgan fingerprint density at radius 2 is 0.917 bits per heavy atom. The predicted octanol–water partition coefficient (Wildman–Crippen LogP) is 2.68. The predicted molar refractivity (Wildman–Crippen MR) is 67.3 cm³/mol. The second-order valence-electron chi connectivity index (χ2n) is 2.10. The highest BCUT2D eigenvalue weighted by atomic mass is 32.2. The lowest BCUT2D eigenvalue weighted by Crippen LogP contribution is -1.94. The zero-order chi connectivity index (χ0) is 9.14. The van der Waals surface area contributed by atoms with Crippen molar-refractivity contribution in [3.63, 3.8) is 0 Å². The summed E-state index contributed by atoms with van der Waals surface area (Å²) < 4.78 is 2.87. The summed E-state index contributed by atoms with van der Waals surface area (Å²) in [6, 6.07) is 7.48. The van der Waals surface area contributed by atoms with Crippen molar-refractivity contribution < 1.29 is 0 Å². The molecular formula is C6H8N2S4. The highest BCUT2D eigenvalue weighted by Gasteiger charge is 1.98. The molecule has 0 bridgehead atoms. The first kappa shape index (κ1) is 10.3. The Balaban J connectivity index is 2.86. The van der Waals surface area contributed by atoms with Crippen LogP contribution in [0.5, 0.6) is 0 Å². The van der Waals surface area contributed by atoms with E-state index in [1.165, 1.54) is 7.42 Å². The molecule has 66 valence electrons. The molecule has 0 atom stereocenters. The summed E-state index contributed by atoms with van der Waals surface area (Å²) in [4.78, 5) is 0. The fourth-order valence-corrected chi connectivity index (χ4v) is 1.25. The minimum absolute atomic E-state index is 0.897. The SMILES string of the molecule is SN(S)c1ccc(N(S)S)cc1. The van der Waals surface area contributed by atoms with E-state index in [1.807, 2.05) is 24.3 Å². The highest BCUT2D eigenvalue weighted by Crippen LogP contribution is 2.24. The summed E-state index contributed by atoms with van der Waals surface area (Å²) in [7, 11) is 0. The lowest BCUT2D eigenvalue weighted by molar-refractivity contribution is 1.58. The molecule has 6 heteroatoms. The second kappa shape index (κ2) is 4.45. The molecule has 0 spiro atoms. The van der Waals surface area contributed by atoms with Crippen molar-refractivity contribution in [3.8, 4) is 0 Å². The minimum Gasteiger partial charge on any atom is -0.265 e. The van der Waals surface area contributed by atoms with Crippen LogP contribution in [0.4, 0.5) is 11.4 Å². The van der Waals surface area contributed by atoms with Gasteiger partial charge < -0.3 is 0 Å². The first-order valence-electron chi connectivity index (χ1n) is 3.07. The van der Waals surface area contributed by atoms with E-state index < -0.39 is 0 Å². The average Bonchev–Trinajstić information content (AvgIpc) is 2.04. The first-order valence-corrected chi connectivity index (χ1v) is 4.67. The number of benzene rings is 1. The molecule has 0 aliphatic heterocycles. The van der Waals surface area contributed by atoms with Crippen molar-refractivity contribution in [1.82, 2.24) is 0 Å². The fourth-order valence-electron chi connectivity index (χ4n) is 0.719. The molecular weight excluding hydrogens is 228 g/mol. The summed E-state index contributed by atoms with van der Waals surface area (Å²) in [6.07, 6.45) is 0. The van der Waals surface area contributed by atoms with Gasteiger partial charge in [-0.1, -0.05) is 51.3 Å². The van der Waals surface area contributed by atoms with Gasteiger partial charge in [-0.05, 0) is 24.3 Å². The third-order valence-electron chi connectivity index (χ3n) is 1.31. The summed E-state index contributed by atoms with van der Waals surface area (Å²) >= 11 is 16.1. The number of hydrogen-bond acceptors (Lipinski definition) is 6. The standard InChI is InChI=1S/C6H8N2S4/c9-7(10)5-1-2-6(4-3-5)8(11)12/h1-4,9-12H. The summed E-state index contributed by atoms with van der Waals surface area (Å²) in [6.45, 7) is 0. The second-order valence-corrected chi connectivity index (χ2v) is 4.33. The Morgan fingerprint density at radius 1 is 0.667 bits per heavy atom. The monoisotopic (exact) mass is 236 g/mol. The van der Waals surface area contributed by atoms with Gasteiger partial charge in [0, 0.05) is 0 Å². The maximum Gasteiger partial charge on any atom is 0.0590 e. The van der Waals surface area contributed by atoms with Crippen LogP contribution in [-0.4, -0.2) is 0 Å². The lowest BCUT2D eigenvalue weighted by Gasteiger charge is -2.12. The van der Waals surface area contributed by atoms with Gasteiger partial charge in [0.25, 0.3) is 0 Å². The van der Waals surface area contributed by atoms with Gasteiger partial charge in [0.2, 0.25) is 0 Å². The van der Waals surface area contributed by atoms with Gasteiger partial charge in [-0.15, -0.1) is 0 Å². The van der Waals surface area contributed by atoms with Crippen molar-refractivity contribution in [2.75, 3.05) is 7.42 Å². The minimum atomic E-state index is 0.897. The van der Waals surface area contributed by atoms with Crippen LogP contribution in [0.15, 0.2) is 24.3 Å². The van der Waals surface area contributed by atoms with E-state index in [2.05, 4.69) is 51.3 Å². The molecule has 1 rings (SSSR count). The highest BCUT2D eigenvalue weighted by molar-refractivity contribution is 8.00. The maximum atomic E-state index is 4.02. The average molecular weight is 236 g/mol. The molecule has 0 N–H and O–H groups in total. The number of thiol groups is 4. The van der Waals surface area contributed by atoms with E-state index in [9.17, 15) is 0 Å². The normalized spacial score (nSPS) is 9.67. The van der Waals surface area contributed by atoms with Gasteiger partial charge in [0.1, 0.15) is 0 Å². The summed E-state index contributed by atoms with van der Waals surface area (Å²) in [5.74, 6) is 0. The Hall–Kier alpha value is 0.220. The van der Waals surface area contributed by atoms with E-state index in [0.717, 1.165) is 11.4 Å². The fraction of sp³-hybridized carbons (Fsp3) is 0. The quantitative estimate of drug-likeness (QED) is 0.587. The van der Waals surface area contributed by atoms with E-state index in [-0.39, 0.29) is 0 Å². The number of anilines is 2.